The van der Waals surface area contributed by atoms with Crippen LogP contribution in [-0.4, -0.2) is 38.7 Å². The number of nitrogen functional groups attached to an aromatic ring is 1. The van der Waals surface area contributed by atoms with E-state index in [0.29, 0.717) is 24.5 Å². The van der Waals surface area contributed by atoms with Gasteiger partial charge >= 0.3 is 0 Å². The van der Waals surface area contributed by atoms with Crippen LogP contribution in [0.15, 0.2) is 18.2 Å². The van der Waals surface area contributed by atoms with E-state index >= 15 is 0 Å². The van der Waals surface area contributed by atoms with Crippen LogP contribution >= 0.6 is 7.92 Å². The fourth-order valence-electron chi connectivity index (χ4n) is 2.36. The number of rotatable bonds is 3. The van der Waals surface area contributed by atoms with Gasteiger partial charge in [0.05, 0.1) is 25.9 Å². The van der Waals surface area contributed by atoms with Crippen molar-refractivity contribution in [3.63, 3.8) is 0 Å². The molecule has 1 heterocycles. The normalized spacial score (nSPS) is 28.1. The fraction of sp³-hybridized carbons (Fsp3) is 0.538. The lowest BCUT2D eigenvalue weighted by Gasteiger charge is -2.46. The third-order valence-electron chi connectivity index (χ3n) is 3.69. The largest absolute Gasteiger partial charge is 0.627 e. The van der Waals surface area contributed by atoms with E-state index in [2.05, 4.69) is 6.92 Å². The number of methoxy groups -OCH3 is 1. The van der Waals surface area contributed by atoms with Crippen molar-refractivity contribution in [2.45, 2.75) is 6.92 Å². The Morgan fingerprint density at radius 1 is 1.39 bits per heavy atom. The molecule has 1 aliphatic rings. The molecule has 0 saturated carbocycles. The Morgan fingerprint density at radius 3 is 2.61 bits per heavy atom. The zero-order valence-corrected chi connectivity index (χ0v) is 12.0. The molecule has 0 spiro atoms. The van der Waals surface area contributed by atoms with Gasteiger partial charge in [-0.1, -0.05) is 14.8 Å². The Kier molecular flexibility index (Phi) is 4.10. The van der Waals surface area contributed by atoms with Crippen LogP contribution in [0, 0.1) is 5.21 Å². The van der Waals surface area contributed by atoms with E-state index in [4.69, 9.17) is 10.5 Å². The zero-order chi connectivity index (χ0) is 13.2. The third-order valence-corrected chi connectivity index (χ3v) is 6.25. The van der Waals surface area contributed by atoms with Crippen molar-refractivity contribution in [1.29, 1.82) is 0 Å². The first-order chi connectivity index (χ1) is 8.59. The minimum atomic E-state index is -0.227. The van der Waals surface area contributed by atoms with Crippen LogP contribution in [0.4, 0.5) is 11.4 Å². The fourth-order valence-corrected chi connectivity index (χ4v) is 4.43. The summed E-state index contributed by atoms with van der Waals surface area (Å²) in [5, 5.41) is 12.8. The van der Waals surface area contributed by atoms with Gasteiger partial charge in [-0.25, -0.2) is 0 Å². The number of ether oxygens (including phenoxy) is 1. The molecule has 1 aromatic carbocycles. The Bertz CT molecular complexity index is 417. The minimum absolute atomic E-state index is 0.0926. The van der Waals surface area contributed by atoms with E-state index in [1.165, 1.54) is 6.16 Å². The van der Waals surface area contributed by atoms with Crippen LogP contribution in [0.3, 0.4) is 0 Å². The van der Waals surface area contributed by atoms with Crippen LogP contribution in [0.1, 0.15) is 6.92 Å². The molecule has 1 aromatic rings. The van der Waals surface area contributed by atoms with E-state index in [-0.39, 0.29) is 12.6 Å². The van der Waals surface area contributed by atoms with Gasteiger partial charge in [0.2, 0.25) is 0 Å². The molecular formula is C13H21N2O2P. The van der Waals surface area contributed by atoms with E-state index in [0.717, 1.165) is 18.0 Å². The topological polar surface area (TPSA) is 58.3 Å². The van der Waals surface area contributed by atoms with Crippen LogP contribution < -0.4 is 15.1 Å². The molecule has 1 fully saturated rings. The zero-order valence-electron chi connectivity index (χ0n) is 11.1. The second-order valence-electron chi connectivity index (χ2n) is 4.70. The second-order valence-corrected chi connectivity index (χ2v) is 7.57. The van der Waals surface area contributed by atoms with Crippen LogP contribution in [0.2, 0.25) is 0 Å². The molecule has 0 bridgehead atoms. The Hall–Kier alpha value is -0.830. The highest BCUT2D eigenvalue weighted by Gasteiger charge is 2.28. The lowest BCUT2D eigenvalue weighted by atomic mass is 10.2. The first-order valence-electron chi connectivity index (χ1n) is 6.33. The molecule has 0 atom stereocenters. The average molecular weight is 268 g/mol. The molecular weight excluding hydrogens is 247 g/mol. The summed E-state index contributed by atoms with van der Waals surface area (Å²) in [5.41, 5.74) is 7.14. The van der Waals surface area contributed by atoms with Gasteiger partial charge in [-0.15, -0.1) is 0 Å². The molecule has 2 rings (SSSR count). The first kappa shape index (κ1) is 13.6. The van der Waals surface area contributed by atoms with Gasteiger partial charge in [0, 0.05) is 24.5 Å². The molecule has 5 heteroatoms. The van der Waals surface area contributed by atoms with Crippen LogP contribution in [-0.2, 0) is 0 Å². The summed E-state index contributed by atoms with van der Waals surface area (Å²) < 4.78 is 4.97. The van der Waals surface area contributed by atoms with Crippen molar-refractivity contribution in [2.24, 2.45) is 0 Å². The minimum Gasteiger partial charge on any atom is -0.627 e. The second kappa shape index (κ2) is 5.43. The number of anilines is 1. The number of hydrogen-bond donors (Lipinski definition) is 1. The Labute approximate surface area is 110 Å². The van der Waals surface area contributed by atoms with Crippen molar-refractivity contribution >= 4 is 19.3 Å². The molecule has 1 saturated heterocycles. The number of benzene rings is 1. The summed E-state index contributed by atoms with van der Waals surface area (Å²) in [6.45, 7) is 3.60. The predicted octanol–water partition coefficient (Wildman–Crippen LogP) is 2.60. The summed E-state index contributed by atoms with van der Waals surface area (Å²) in [4.78, 5) is 0. The van der Waals surface area contributed by atoms with Gasteiger partial charge in [0.15, 0.2) is 0 Å². The summed E-state index contributed by atoms with van der Waals surface area (Å²) in [6.07, 6.45) is 3.38. The number of hydroxylamine groups is 2. The third kappa shape index (κ3) is 2.61. The van der Waals surface area contributed by atoms with Gasteiger partial charge in [0.1, 0.15) is 11.4 Å². The predicted molar refractivity (Wildman–Crippen MR) is 79.5 cm³/mol. The van der Waals surface area contributed by atoms with E-state index < -0.39 is 0 Å². The summed E-state index contributed by atoms with van der Waals surface area (Å²) in [7, 11) is 1.67. The Morgan fingerprint density at radius 2 is 2.06 bits per heavy atom. The maximum absolute atomic E-state index is 12.8. The average Bonchev–Trinajstić information content (AvgIpc) is 2.40. The molecule has 100 valence electrons. The van der Waals surface area contributed by atoms with Gasteiger partial charge in [-0.2, -0.15) is 0 Å². The molecule has 1 aliphatic heterocycles. The smallest absolute Gasteiger partial charge is 0.147 e. The summed E-state index contributed by atoms with van der Waals surface area (Å²) in [6, 6.07) is 5.40. The number of hydrogen-bond acceptors (Lipinski definition) is 3. The quantitative estimate of drug-likeness (QED) is 0.397. The molecule has 0 unspecified atom stereocenters. The summed E-state index contributed by atoms with van der Waals surface area (Å²) in [5.74, 6) is 0.601. The van der Waals surface area contributed by atoms with Crippen molar-refractivity contribution in [3.8, 4) is 5.75 Å². The molecule has 0 radical (unpaired) electrons. The van der Waals surface area contributed by atoms with Crippen molar-refractivity contribution < 1.29 is 4.74 Å². The maximum Gasteiger partial charge on any atom is 0.147 e. The molecule has 2 N–H and O–H groups in total. The van der Waals surface area contributed by atoms with Gasteiger partial charge in [0.25, 0.3) is 0 Å². The highest BCUT2D eigenvalue weighted by Crippen LogP contribution is 2.42. The van der Waals surface area contributed by atoms with Crippen LogP contribution in [0.25, 0.3) is 0 Å². The van der Waals surface area contributed by atoms with Gasteiger partial charge in [-0.3, -0.25) is 0 Å². The van der Waals surface area contributed by atoms with Crippen LogP contribution in [0.5, 0.6) is 5.75 Å². The lowest BCUT2D eigenvalue weighted by Crippen LogP contribution is -2.50. The molecule has 0 aromatic heterocycles. The number of nitrogens with two attached hydrogens (primary N) is 1. The highest BCUT2D eigenvalue weighted by molar-refractivity contribution is 7.57. The van der Waals surface area contributed by atoms with Crippen molar-refractivity contribution in [2.75, 3.05) is 44.4 Å². The standard InChI is InChI=1S/C13H21N2O2P/c1-3-18-8-6-15(16,7-9-18)11-4-5-12(14)13(10-11)17-2/h4-5,10H,3,6-9,14H2,1-2H3. The number of quaternary nitrogens is 1. The molecule has 0 amide bonds. The van der Waals surface area contributed by atoms with E-state index in [1.54, 1.807) is 19.2 Å². The highest BCUT2D eigenvalue weighted by atomic mass is 31.1. The van der Waals surface area contributed by atoms with Crippen molar-refractivity contribution in [3.05, 3.63) is 23.4 Å². The SMILES string of the molecule is CCP1CC[N+]([O-])(c2ccc(N)c(OC)c2)CC1. The van der Waals surface area contributed by atoms with E-state index in [9.17, 15) is 5.21 Å². The van der Waals surface area contributed by atoms with Gasteiger partial charge < -0.3 is 20.3 Å². The molecule has 4 nitrogen and oxygen atoms in total. The van der Waals surface area contributed by atoms with Gasteiger partial charge in [-0.05, 0) is 12.2 Å². The van der Waals surface area contributed by atoms with Crippen molar-refractivity contribution in [1.82, 2.24) is 4.65 Å². The maximum atomic E-state index is 12.8. The number of nitrogens with zero attached hydrogens (tertiary/aromatic N) is 1. The molecule has 0 aliphatic carbocycles. The lowest BCUT2D eigenvalue weighted by molar-refractivity contribution is 0.393. The first-order valence-corrected chi connectivity index (χ1v) is 8.23. The Balaban J connectivity index is 2.20. The monoisotopic (exact) mass is 268 g/mol. The summed E-state index contributed by atoms with van der Waals surface area (Å²) >= 11 is 0. The molecule has 18 heavy (non-hydrogen) atoms. The van der Waals surface area contributed by atoms with E-state index in [1.807, 2.05) is 6.07 Å².